The first-order valence-corrected chi connectivity index (χ1v) is 7.48. The minimum atomic E-state index is -0.178. The number of benzene rings is 1. The molecule has 0 bridgehead atoms. The Bertz CT molecular complexity index is 744. The van der Waals surface area contributed by atoms with Crippen molar-refractivity contribution in [1.29, 1.82) is 0 Å². The van der Waals surface area contributed by atoms with Crippen molar-refractivity contribution in [3.05, 3.63) is 46.9 Å². The van der Waals surface area contributed by atoms with E-state index in [1.165, 1.54) is 11.8 Å². The summed E-state index contributed by atoms with van der Waals surface area (Å²) in [4.78, 5) is 8.49. The normalized spacial score (nSPS) is 18.3. The van der Waals surface area contributed by atoms with Gasteiger partial charge in [-0.15, -0.1) is 0 Å². The SMILES string of the molecule is CO/N=C1\CC(C)(C)Cc2[nH]c(-c3ccc(F)c(C)c3)cc21. The first kappa shape index (κ1) is 14.8. The number of aromatic nitrogens is 1. The molecule has 116 valence electrons. The minimum absolute atomic E-state index is 0.144. The zero-order valence-corrected chi connectivity index (χ0v) is 13.5. The molecule has 1 aliphatic rings. The number of nitrogens with zero attached hydrogens (tertiary/aromatic N) is 1. The highest BCUT2D eigenvalue weighted by Crippen LogP contribution is 2.37. The number of aromatic amines is 1. The zero-order valence-electron chi connectivity index (χ0n) is 13.5. The van der Waals surface area contributed by atoms with Gasteiger partial charge in [-0.1, -0.05) is 19.0 Å². The number of oxime groups is 1. The molecule has 0 atom stereocenters. The minimum Gasteiger partial charge on any atom is -0.399 e. The van der Waals surface area contributed by atoms with Crippen molar-refractivity contribution in [2.45, 2.75) is 33.6 Å². The van der Waals surface area contributed by atoms with Gasteiger partial charge in [-0.05, 0) is 60.6 Å². The summed E-state index contributed by atoms with van der Waals surface area (Å²) >= 11 is 0. The van der Waals surface area contributed by atoms with Crippen LogP contribution in [-0.4, -0.2) is 17.8 Å². The van der Waals surface area contributed by atoms with E-state index >= 15 is 0 Å². The van der Waals surface area contributed by atoms with E-state index in [0.29, 0.717) is 5.56 Å². The summed E-state index contributed by atoms with van der Waals surface area (Å²) in [5.74, 6) is -0.178. The van der Waals surface area contributed by atoms with Gasteiger partial charge in [0.05, 0.1) is 5.71 Å². The quantitative estimate of drug-likeness (QED) is 0.817. The molecular formula is C18H21FN2O. The van der Waals surface area contributed by atoms with Crippen LogP contribution in [0.4, 0.5) is 4.39 Å². The van der Waals surface area contributed by atoms with Gasteiger partial charge in [0, 0.05) is 17.0 Å². The lowest BCUT2D eigenvalue weighted by atomic mass is 9.76. The Hall–Kier alpha value is -2.10. The molecule has 0 aliphatic heterocycles. The second-order valence-corrected chi connectivity index (χ2v) is 6.78. The van der Waals surface area contributed by atoms with Gasteiger partial charge in [0.15, 0.2) is 0 Å². The molecule has 3 nitrogen and oxygen atoms in total. The largest absolute Gasteiger partial charge is 0.399 e. The van der Waals surface area contributed by atoms with Gasteiger partial charge in [0.25, 0.3) is 0 Å². The number of nitrogens with one attached hydrogen (secondary N) is 1. The first-order chi connectivity index (χ1) is 10.4. The molecule has 1 aliphatic carbocycles. The summed E-state index contributed by atoms with van der Waals surface area (Å²) in [7, 11) is 1.57. The average molecular weight is 300 g/mol. The van der Waals surface area contributed by atoms with Gasteiger partial charge in [-0.25, -0.2) is 4.39 Å². The number of aryl methyl sites for hydroxylation is 1. The molecule has 0 saturated heterocycles. The maximum atomic E-state index is 13.5. The van der Waals surface area contributed by atoms with Gasteiger partial charge in [-0.2, -0.15) is 0 Å². The molecule has 22 heavy (non-hydrogen) atoms. The van der Waals surface area contributed by atoms with Crippen LogP contribution in [-0.2, 0) is 11.3 Å². The highest BCUT2D eigenvalue weighted by atomic mass is 19.1. The molecule has 3 rings (SSSR count). The third-order valence-electron chi connectivity index (χ3n) is 4.18. The van der Waals surface area contributed by atoms with Crippen molar-refractivity contribution in [3.8, 4) is 11.3 Å². The van der Waals surface area contributed by atoms with Crippen LogP contribution in [0.3, 0.4) is 0 Å². The third kappa shape index (κ3) is 2.65. The molecule has 1 aromatic heterocycles. The number of H-pyrrole nitrogens is 1. The second kappa shape index (κ2) is 5.27. The van der Waals surface area contributed by atoms with E-state index in [9.17, 15) is 4.39 Å². The first-order valence-electron chi connectivity index (χ1n) is 7.48. The standard InChI is InChI=1S/C18H21FN2O/c1-11-7-12(5-6-14(11)19)15-8-13-16(20-15)9-18(2,3)10-17(13)21-22-4/h5-8,20H,9-10H2,1-4H3/b21-17+. The topological polar surface area (TPSA) is 37.4 Å². The molecule has 1 heterocycles. The van der Waals surface area contributed by atoms with Crippen LogP contribution < -0.4 is 0 Å². The van der Waals surface area contributed by atoms with Gasteiger partial charge < -0.3 is 9.82 Å². The fourth-order valence-electron chi connectivity index (χ4n) is 3.14. The van der Waals surface area contributed by atoms with E-state index in [1.807, 2.05) is 6.07 Å². The summed E-state index contributed by atoms with van der Waals surface area (Å²) in [5, 5.41) is 4.20. The number of hydrogen-bond acceptors (Lipinski definition) is 2. The van der Waals surface area contributed by atoms with Crippen LogP contribution in [0, 0.1) is 18.2 Å². The van der Waals surface area contributed by atoms with E-state index in [2.05, 4.69) is 30.1 Å². The Morgan fingerprint density at radius 3 is 2.68 bits per heavy atom. The van der Waals surface area contributed by atoms with Crippen LogP contribution in [0.2, 0.25) is 0 Å². The Morgan fingerprint density at radius 1 is 1.23 bits per heavy atom. The molecule has 4 heteroatoms. The van der Waals surface area contributed by atoms with Crippen LogP contribution in [0.1, 0.15) is 37.1 Å². The maximum absolute atomic E-state index is 13.5. The molecule has 0 spiro atoms. The molecule has 1 N–H and O–H groups in total. The molecule has 2 aromatic rings. The fourth-order valence-corrected chi connectivity index (χ4v) is 3.14. The molecular weight excluding hydrogens is 279 g/mol. The number of hydrogen-bond donors (Lipinski definition) is 1. The van der Waals surface area contributed by atoms with Crippen molar-refractivity contribution in [3.63, 3.8) is 0 Å². The lowest BCUT2D eigenvalue weighted by molar-refractivity contribution is 0.210. The molecule has 0 unspecified atom stereocenters. The average Bonchev–Trinajstić information content (AvgIpc) is 2.84. The number of fused-ring (bicyclic) bond motifs is 1. The highest BCUT2D eigenvalue weighted by Gasteiger charge is 2.31. The van der Waals surface area contributed by atoms with Crippen molar-refractivity contribution in [1.82, 2.24) is 4.98 Å². The summed E-state index contributed by atoms with van der Waals surface area (Å²) in [6.07, 6.45) is 1.85. The van der Waals surface area contributed by atoms with Crippen LogP contribution in [0.15, 0.2) is 29.4 Å². The van der Waals surface area contributed by atoms with Gasteiger partial charge in [0.2, 0.25) is 0 Å². The predicted molar refractivity (Wildman–Crippen MR) is 86.6 cm³/mol. The van der Waals surface area contributed by atoms with Crippen LogP contribution >= 0.6 is 0 Å². The van der Waals surface area contributed by atoms with E-state index in [1.54, 1.807) is 20.1 Å². The predicted octanol–water partition coefficient (Wildman–Crippen LogP) is 4.45. The monoisotopic (exact) mass is 300 g/mol. The van der Waals surface area contributed by atoms with Crippen molar-refractivity contribution < 1.29 is 9.23 Å². The Balaban J connectivity index is 2.07. The smallest absolute Gasteiger partial charge is 0.126 e. The molecule has 0 amide bonds. The van der Waals surface area contributed by atoms with Crippen molar-refractivity contribution >= 4 is 5.71 Å². The van der Waals surface area contributed by atoms with E-state index in [0.717, 1.165) is 35.4 Å². The Kier molecular flexibility index (Phi) is 3.55. The number of halogens is 1. The van der Waals surface area contributed by atoms with Gasteiger partial charge >= 0.3 is 0 Å². The molecule has 1 aromatic carbocycles. The molecule has 0 fully saturated rings. The Labute approximate surface area is 130 Å². The van der Waals surface area contributed by atoms with E-state index < -0.39 is 0 Å². The van der Waals surface area contributed by atoms with Crippen LogP contribution in [0.25, 0.3) is 11.3 Å². The lowest BCUT2D eigenvalue weighted by Gasteiger charge is -2.29. The van der Waals surface area contributed by atoms with E-state index in [4.69, 9.17) is 4.84 Å². The van der Waals surface area contributed by atoms with Crippen LogP contribution in [0.5, 0.6) is 0 Å². The van der Waals surface area contributed by atoms with Gasteiger partial charge in [0.1, 0.15) is 12.9 Å². The summed E-state index contributed by atoms with van der Waals surface area (Å²) < 4.78 is 13.5. The molecule has 0 saturated carbocycles. The number of rotatable bonds is 2. The second-order valence-electron chi connectivity index (χ2n) is 6.78. The van der Waals surface area contributed by atoms with Crippen molar-refractivity contribution in [2.24, 2.45) is 10.6 Å². The molecule has 0 radical (unpaired) electrons. The van der Waals surface area contributed by atoms with E-state index in [-0.39, 0.29) is 11.2 Å². The lowest BCUT2D eigenvalue weighted by Crippen LogP contribution is -2.27. The summed E-state index contributed by atoms with van der Waals surface area (Å²) in [5.41, 5.74) is 6.02. The summed E-state index contributed by atoms with van der Waals surface area (Å²) in [6.45, 7) is 6.23. The van der Waals surface area contributed by atoms with Crippen molar-refractivity contribution in [2.75, 3.05) is 7.11 Å². The Morgan fingerprint density at radius 2 is 2.00 bits per heavy atom. The highest BCUT2D eigenvalue weighted by molar-refractivity contribution is 6.03. The zero-order chi connectivity index (χ0) is 15.9. The maximum Gasteiger partial charge on any atom is 0.126 e. The fraction of sp³-hybridized carbons (Fsp3) is 0.389. The summed E-state index contributed by atoms with van der Waals surface area (Å²) in [6, 6.07) is 7.27. The third-order valence-corrected chi connectivity index (χ3v) is 4.18. The van der Waals surface area contributed by atoms with Gasteiger partial charge in [-0.3, -0.25) is 0 Å².